The number of carbonyl (C=O) groups excluding carboxylic acids is 1. The Labute approximate surface area is 113 Å². The smallest absolute Gasteiger partial charge is 0.222 e. The zero-order valence-corrected chi connectivity index (χ0v) is 11.4. The van der Waals surface area contributed by atoms with Crippen LogP contribution in [0.15, 0.2) is 18.2 Å². The number of nitrogens with two attached hydrogens (primary N) is 1. The highest BCUT2D eigenvalue weighted by atomic mass is 35.5. The van der Waals surface area contributed by atoms with E-state index in [2.05, 4.69) is 6.92 Å². The molecule has 98 valence electrons. The van der Waals surface area contributed by atoms with Crippen molar-refractivity contribution >= 4 is 23.2 Å². The summed E-state index contributed by atoms with van der Waals surface area (Å²) >= 11 is 6.15. The SMILES string of the molecule is CC1CCC(=O)N(Cc2ccc(N)cc2Cl)CC1. The van der Waals surface area contributed by atoms with Crippen LogP contribution in [-0.2, 0) is 11.3 Å². The van der Waals surface area contributed by atoms with Crippen molar-refractivity contribution in [3.63, 3.8) is 0 Å². The van der Waals surface area contributed by atoms with E-state index in [1.165, 1.54) is 0 Å². The summed E-state index contributed by atoms with van der Waals surface area (Å²) in [6.45, 7) is 3.61. The van der Waals surface area contributed by atoms with E-state index in [0.717, 1.165) is 24.9 Å². The van der Waals surface area contributed by atoms with Crippen LogP contribution in [0.4, 0.5) is 5.69 Å². The van der Waals surface area contributed by atoms with Crippen molar-refractivity contribution in [1.29, 1.82) is 0 Å². The van der Waals surface area contributed by atoms with Crippen molar-refractivity contribution in [2.75, 3.05) is 12.3 Å². The standard InChI is InChI=1S/C14H19ClN2O/c1-10-2-5-14(18)17(7-6-10)9-11-3-4-12(16)8-13(11)15/h3-4,8,10H,2,5-7,9,16H2,1H3. The van der Waals surface area contributed by atoms with E-state index >= 15 is 0 Å². The fourth-order valence-corrected chi connectivity index (χ4v) is 2.49. The third kappa shape index (κ3) is 3.16. The maximum absolute atomic E-state index is 12.0. The van der Waals surface area contributed by atoms with E-state index in [-0.39, 0.29) is 5.91 Å². The third-order valence-electron chi connectivity index (χ3n) is 3.53. The molecule has 1 atom stereocenters. The average molecular weight is 267 g/mol. The first kappa shape index (κ1) is 13.2. The Hall–Kier alpha value is -1.22. The highest BCUT2D eigenvalue weighted by molar-refractivity contribution is 6.31. The largest absolute Gasteiger partial charge is 0.399 e. The predicted molar refractivity (Wildman–Crippen MR) is 74.3 cm³/mol. The maximum atomic E-state index is 12.0. The molecule has 1 aliphatic rings. The number of carbonyl (C=O) groups is 1. The molecule has 0 aliphatic carbocycles. The summed E-state index contributed by atoms with van der Waals surface area (Å²) in [4.78, 5) is 13.9. The van der Waals surface area contributed by atoms with Crippen molar-refractivity contribution in [3.8, 4) is 0 Å². The van der Waals surface area contributed by atoms with Gasteiger partial charge in [0.1, 0.15) is 0 Å². The van der Waals surface area contributed by atoms with Crippen molar-refractivity contribution < 1.29 is 4.79 Å². The number of rotatable bonds is 2. The Bertz CT molecular complexity index is 447. The highest BCUT2D eigenvalue weighted by Gasteiger charge is 2.20. The lowest BCUT2D eigenvalue weighted by atomic mass is 10.0. The second-order valence-corrected chi connectivity index (χ2v) is 5.51. The number of nitrogen functional groups attached to an aromatic ring is 1. The van der Waals surface area contributed by atoms with Gasteiger partial charge in [0.2, 0.25) is 5.91 Å². The van der Waals surface area contributed by atoms with Gasteiger partial charge in [0, 0.05) is 30.2 Å². The van der Waals surface area contributed by atoms with Crippen molar-refractivity contribution in [3.05, 3.63) is 28.8 Å². The van der Waals surface area contributed by atoms with Gasteiger partial charge >= 0.3 is 0 Å². The molecular weight excluding hydrogens is 248 g/mol. The Balaban J connectivity index is 2.09. The number of halogens is 1. The van der Waals surface area contributed by atoms with Crippen LogP contribution in [0.5, 0.6) is 0 Å². The number of hydrogen-bond acceptors (Lipinski definition) is 2. The van der Waals surface area contributed by atoms with Crippen LogP contribution in [0.25, 0.3) is 0 Å². The zero-order valence-electron chi connectivity index (χ0n) is 10.7. The van der Waals surface area contributed by atoms with Gasteiger partial charge in [-0.05, 0) is 36.5 Å². The minimum absolute atomic E-state index is 0.229. The van der Waals surface area contributed by atoms with Crippen molar-refractivity contribution in [1.82, 2.24) is 4.90 Å². The zero-order chi connectivity index (χ0) is 13.1. The van der Waals surface area contributed by atoms with Crippen LogP contribution in [0.3, 0.4) is 0 Å². The summed E-state index contributed by atoms with van der Waals surface area (Å²) in [7, 11) is 0. The molecule has 0 saturated carbocycles. The van der Waals surface area contributed by atoms with E-state index in [1.807, 2.05) is 17.0 Å². The first-order valence-electron chi connectivity index (χ1n) is 6.38. The summed E-state index contributed by atoms with van der Waals surface area (Å²) in [6, 6.07) is 5.47. The Kier molecular flexibility index (Phi) is 4.12. The lowest BCUT2D eigenvalue weighted by molar-refractivity contribution is -0.131. The number of anilines is 1. The highest BCUT2D eigenvalue weighted by Crippen LogP contribution is 2.23. The van der Waals surface area contributed by atoms with Crippen molar-refractivity contribution in [2.24, 2.45) is 5.92 Å². The molecule has 2 rings (SSSR count). The lowest BCUT2D eigenvalue weighted by Crippen LogP contribution is -2.29. The molecule has 1 saturated heterocycles. The fraction of sp³-hybridized carbons (Fsp3) is 0.500. The van der Waals surface area contributed by atoms with Gasteiger partial charge in [-0.15, -0.1) is 0 Å². The molecule has 1 amide bonds. The van der Waals surface area contributed by atoms with Gasteiger partial charge in [0.25, 0.3) is 0 Å². The quantitative estimate of drug-likeness (QED) is 0.837. The number of benzene rings is 1. The summed E-state index contributed by atoms with van der Waals surface area (Å²) in [5.41, 5.74) is 7.28. The molecule has 18 heavy (non-hydrogen) atoms. The molecule has 1 fully saturated rings. The van der Waals surface area contributed by atoms with E-state index in [1.54, 1.807) is 6.07 Å². The normalized spacial score (nSPS) is 20.9. The number of hydrogen-bond donors (Lipinski definition) is 1. The van der Waals surface area contributed by atoms with E-state index < -0.39 is 0 Å². The molecule has 2 N–H and O–H groups in total. The van der Waals surface area contributed by atoms with Crippen LogP contribution in [0.2, 0.25) is 5.02 Å². The summed E-state index contributed by atoms with van der Waals surface area (Å²) in [6.07, 6.45) is 2.71. The van der Waals surface area contributed by atoms with Crippen molar-refractivity contribution in [2.45, 2.75) is 32.7 Å². The van der Waals surface area contributed by atoms with Gasteiger partial charge in [-0.3, -0.25) is 4.79 Å². The minimum Gasteiger partial charge on any atom is -0.399 e. The molecule has 0 bridgehead atoms. The first-order chi connectivity index (χ1) is 8.56. The van der Waals surface area contributed by atoms with Gasteiger partial charge in [-0.2, -0.15) is 0 Å². The second-order valence-electron chi connectivity index (χ2n) is 5.10. The molecule has 1 aromatic rings. The van der Waals surface area contributed by atoms with Crippen LogP contribution in [0.1, 0.15) is 31.7 Å². The Morgan fingerprint density at radius 1 is 1.44 bits per heavy atom. The summed E-state index contributed by atoms with van der Waals surface area (Å²) in [5, 5.41) is 0.639. The van der Waals surface area contributed by atoms with Gasteiger partial charge in [-0.25, -0.2) is 0 Å². The van der Waals surface area contributed by atoms with E-state index in [9.17, 15) is 4.79 Å². The second kappa shape index (κ2) is 5.61. The molecule has 0 aromatic heterocycles. The lowest BCUT2D eigenvalue weighted by Gasteiger charge is -2.21. The van der Waals surface area contributed by atoms with Gasteiger partial charge in [0.15, 0.2) is 0 Å². The molecule has 0 radical (unpaired) electrons. The molecule has 1 heterocycles. The Morgan fingerprint density at radius 2 is 2.22 bits per heavy atom. The number of amides is 1. The molecule has 0 spiro atoms. The monoisotopic (exact) mass is 266 g/mol. The van der Waals surface area contributed by atoms with Crippen LogP contribution < -0.4 is 5.73 Å². The molecule has 1 aliphatic heterocycles. The topological polar surface area (TPSA) is 46.3 Å². The molecular formula is C14H19ClN2O. The third-order valence-corrected chi connectivity index (χ3v) is 3.89. The minimum atomic E-state index is 0.229. The Morgan fingerprint density at radius 3 is 2.94 bits per heavy atom. The number of nitrogens with zero attached hydrogens (tertiary/aromatic N) is 1. The van der Waals surface area contributed by atoms with Crippen LogP contribution in [-0.4, -0.2) is 17.4 Å². The summed E-state index contributed by atoms with van der Waals surface area (Å²) < 4.78 is 0. The maximum Gasteiger partial charge on any atom is 0.222 e. The van der Waals surface area contributed by atoms with Crippen LogP contribution >= 0.6 is 11.6 Å². The first-order valence-corrected chi connectivity index (χ1v) is 6.75. The fourth-order valence-electron chi connectivity index (χ4n) is 2.24. The molecule has 4 heteroatoms. The average Bonchev–Trinajstić information content (AvgIpc) is 2.47. The predicted octanol–water partition coefficient (Wildman–Crippen LogP) is 3.07. The molecule has 3 nitrogen and oxygen atoms in total. The molecule has 1 unspecified atom stereocenters. The molecule has 1 aromatic carbocycles. The van der Waals surface area contributed by atoms with Crippen LogP contribution in [0, 0.1) is 5.92 Å². The summed E-state index contributed by atoms with van der Waals surface area (Å²) in [5.74, 6) is 0.855. The van der Waals surface area contributed by atoms with Gasteiger partial charge < -0.3 is 10.6 Å². The van der Waals surface area contributed by atoms with Gasteiger partial charge in [-0.1, -0.05) is 24.6 Å². The van der Waals surface area contributed by atoms with E-state index in [4.69, 9.17) is 17.3 Å². The van der Waals surface area contributed by atoms with Gasteiger partial charge in [0.05, 0.1) is 0 Å². The van der Waals surface area contributed by atoms with E-state index in [0.29, 0.717) is 29.6 Å². The number of likely N-dealkylation sites (tertiary alicyclic amines) is 1.